The zero-order valence-electron chi connectivity index (χ0n) is 16.8. The summed E-state index contributed by atoms with van der Waals surface area (Å²) in [6.45, 7) is 3.99. The van der Waals surface area contributed by atoms with Crippen molar-refractivity contribution in [2.24, 2.45) is 0 Å². The van der Waals surface area contributed by atoms with Crippen molar-refractivity contribution in [3.05, 3.63) is 71.9 Å². The summed E-state index contributed by atoms with van der Waals surface area (Å²) in [4.78, 5) is 19.9. The number of nitrogens with zero attached hydrogens (tertiary/aromatic N) is 3. The first kappa shape index (κ1) is 18.1. The zero-order chi connectivity index (χ0) is 20.0. The number of fused-ring (bicyclic) bond motifs is 1. The van der Waals surface area contributed by atoms with Gasteiger partial charge in [-0.2, -0.15) is 5.10 Å². The van der Waals surface area contributed by atoms with Crippen LogP contribution in [0.5, 0.6) is 0 Å². The molecular weight excluding hydrogens is 362 g/mol. The van der Waals surface area contributed by atoms with E-state index in [0.29, 0.717) is 11.3 Å². The van der Waals surface area contributed by atoms with Gasteiger partial charge in [0.2, 0.25) is 0 Å². The van der Waals surface area contributed by atoms with Crippen molar-refractivity contribution in [3.8, 4) is 16.9 Å². The molecule has 3 aromatic rings. The van der Waals surface area contributed by atoms with E-state index in [0.717, 1.165) is 42.6 Å². The molecule has 2 heterocycles. The summed E-state index contributed by atoms with van der Waals surface area (Å²) in [6.07, 6.45) is 4.26. The van der Waals surface area contributed by atoms with Crippen LogP contribution >= 0.6 is 0 Å². The highest BCUT2D eigenvalue weighted by molar-refractivity contribution is 6.02. The third kappa shape index (κ3) is 2.97. The SMILES string of the molecule is CC1(C)ON(C2CCCC2)C(=O)c2c1nn(-c1ccccc1)c2-c1ccccc1. The van der Waals surface area contributed by atoms with Crippen LogP contribution in [0.4, 0.5) is 0 Å². The molecule has 0 atom stereocenters. The molecule has 2 aromatic carbocycles. The number of benzene rings is 2. The minimum absolute atomic E-state index is 0.0766. The molecular formula is C24H25N3O2. The van der Waals surface area contributed by atoms with Crippen molar-refractivity contribution in [1.29, 1.82) is 0 Å². The summed E-state index contributed by atoms with van der Waals surface area (Å²) in [5, 5.41) is 6.54. The van der Waals surface area contributed by atoms with Crippen LogP contribution in [0.2, 0.25) is 0 Å². The molecule has 0 spiro atoms. The molecule has 1 amide bonds. The average molecular weight is 387 g/mol. The lowest BCUT2D eigenvalue weighted by Crippen LogP contribution is -2.48. The van der Waals surface area contributed by atoms with Gasteiger partial charge in [0.05, 0.1) is 23.0 Å². The highest BCUT2D eigenvalue weighted by Gasteiger charge is 2.46. The lowest BCUT2D eigenvalue weighted by molar-refractivity contribution is -0.234. The minimum Gasteiger partial charge on any atom is -0.267 e. The van der Waals surface area contributed by atoms with Crippen LogP contribution in [0.1, 0.15) is 55.6 Å². The molecule has 1 aromatic heterocycles. The molecule has 0 N–H and O–H groups in total. The average Bonchev–Trinajstić information content (AvgIpc) is 3.41. The summed E-state index contributed by atoms with van der Waals surface area (Å²) in [5.41, 5.74) is 3.40. The van der Waals surface area contributed by atoms with Crippen LogP contribution in [0.25, 0.3) is 16.9 Å². The quantitative estimate of drug-likeness (QED) is 0.628. The molecule has 148 valence electrons. The summed E-state index contributed by atoms with van der Waals surface area (Å²) >= 11 is 0. The second-order valence-corrected chi connectivity index (χ2v) is 8.36. The second-order valence-electron chi connectivity index (χ2n) is 8.36. The zero-order valence-corrected chi connectivity index (χ0v) is 16.8. The van der Waals surface area contributed by atoms with Gasteiger partial charge in [-0.25, -0.2) is 9.75 Å². The fourth-order valence-electron chi connectivity index (χ4n) is 4.48. The number of hydrogen-bond donors (Lipinski definition) is 0. The predicted octanol–water partition coefficient (Wildman–Crippen LogP) is 5.10. The first-order valence-electron chi connectivity index (χ1n) is 10.3. The summed E-state index contributed by atoms with van der Waals surface area (Å²) in [7, 11) is 0. The Morgan fingerprint density at radius 3 is 2.24 bits per heavy atom. The maximum absolute atomic E-state index is 13.7. The van der Waals surface area contributed by atoms with Crippen LogP contribution in [0.3, 0.4) is 0 Å². The smallest absolute Gasteiger partial charge is 0.267 e. The number of hydroxylamine groups is 2. The largest absolute Gasteiger partial charge is 0.281 e. The van der Waals surface area contributed by atoms with E-state index in [1.54, 1.807) is 5.06 Å². The number of aromatic nitrogens is 2. The molecule has 0 bridgehead atoms. The Balaban J connectivity index is 1.75. The van der Waals surface area contributed by atoms with Crippen LogP contribution < -0.4 is 0 Å². The van der Waals surface area contributed by atoms with Crippen molar-refractivity contribution in [2.45, 2.75) is 51.2 Å². The fraction of sp³-hybridized carbons (Fsp3) is 0.333. The molecule has 5 heteroatoms. The van der Waals surface area contributed by atoms with Gasteiger partial charge in [-0.15, -0.1) is 0 Å². The van der Waals surface area contributed by atoms with Crippen LogP contribution in [0, 0.1) is 0 Å². The standard InChI is InChI=1S/C24H25N3O2/c1-24(2)22-20(23(28)27(29-24)19-15-9-10-16-19)21(17-11-5-3-6-12-17)26(25-22)18-13-7-4-8-14-18/h3-8,11-14,19H,9-10,15-16H2,1-2H3. The molecule has 0 unspecified atom stereocenters. The molecule has 5 rings (SSSR count). The number of rotatable bonds is 3. The molecule has 1 saturated carbocycles. The Bertz CT molecular complexity index is 1030. The van der Waals surface area contributed by atoms with E-state index in [4.69, 9.17) is 9.94 Å². The molecule has 29 heavy (non-hydrogen) atoms. The van der Waals surface area contributed by atoms with Gasteiger partial charge in [0.1, 0.15) is 11.3 Å². The van der Waals surface area contributed by atoms with E-state index in [1.165, 1.54) is 0 Å². The van der Waals surface area contributed by atoms with Crippen molar-refractivity contribution in [2.75, 3.05) is 0 Å². The maximum atomic E-state index is 13.7. The van der Waals surface area contributed by atoms with Gasteiger partial charge in [0.15, 0.2) is 0 Å². The van der Waals surface area contributed by atoms with E-state index < -0.39 is 5.60 Å². The molecule has 0 radical (unpaired) electrons. The maximum Gasteiger partial charge on any atom is 0.281 e. The summed E-state index contributed by atoms with van der Waals surface area (Å²) < 4.78 is 1.89. The number of carbonyl (C=O) groups is 1. The molecule has 0 saturated heterocycles. The van der Waals surface area contributed by atoms with Crippen molar-refractivity contribution >= 4 is 5.91 Å². The van der Waals surface area contributed by atoms with Gasteiger partial charge >= 0.3 is 0 Å². The van der Waals surface area contributed by atoms with Crippen LogP contribution in [-0.2, 0) is 10.4 Å². The predicted molar refractivity (Wildman–Crippen MR) is 112 cm³/mol. The molecule has 1 aliphatic heterocycles. The number of carbonyl (C=O) groups excluding carboxylic acids is 1. The molecule has 2 aliphatic rings. The first-order valence-corrected chi connectivity index (χ1v) is 10.3. The van der Waals surface area contributed by atoms with Gasteiger partial charge in [-0.1, -0.05) is 61.4 Å². The van der Waals surface area contributed by atoms with Crippen molar-refractivity contribution < 1.29 is 9.63 Å². The normalized spacial score (nSPS) is 18.8. The van der Waals surface area contributed by atoms with Crippen LogP contribution in [-0.4, -0.2) is 26.8 Å². The molecule has 1 aliphatic carbocycles. The Hall–Kier alpha value is -2.92. The molecule has 1 fully saturated rings. The van der Waals surface area contributed by atoms with Crippen molar-refractivity contribution in [3.63, 3.8) is 0 Å². The number of amides is 1. The Morgan fingerprint density at radius 1 is 0.966 bits per heavy atom. The lowest BCUT2D eigenvalue weighted by Gasteiger charge is -2.39. The minimum atomic E-state index is -0.685. The summed E-state index contributed by atoms with van der Waals surface area (Å²) in [5.74, 6) is -0.0766. The molecule has 5 nitrogen and oxygen atoms in total. The van der Waals surface area contributed by atoms with E-state index in [1.807, 2.05) is 79.2 Å². The summed E-state index contributed by atoms with van der Waals surface area (Å²) in [6, 6.07) is 20.2. The first-order chi connectivity index (χ1) is 14.1. The Morgan fingerprint density at radius 2 is 1.59 bits per heavy atom. The Labute approximate surface area is 170 Å². The van der Waals surface area contributed by atoms with Crippen molar-refractivity contribution in [1.82, 2.24) is 14.8 Å². The lowest BCUT2D eigenvalue weighted by atomic mass is 9.94. The van der Waals surface area contributed by atoms with E-state index in [-0.39, 0.29) is 11.9 Å². The van der Waals surface area contributed by atoms with Crippen LogP contribution in [0.15, 0.2) is 60.7 Å². The van der Waals surface area contributed by atoms with Gasteiger partial charge in [-0.05, 0) is 38.8 Å². The third-order valence-electron chi connectivity index (χ3n) is 5.90. The van der Waals surface area contributed by atoms with Gasteiger partial charge in [0, 0.05) is 5.56 Å². The van der Waals surface area contributed by atoms with Gasteiger partial charge in [-0.3, -0.25) is 9.63 Å². The Kier molecular flexibility index (Phi) is 4.28. The highest BCUT2D eigenvalue weighted by atomic mass is 16.7. The fourth-order valence-corrected chi connectivity index (χ4v) is 4.48. The topological polar surface area (TPSA) is 47.4 Å². The monoisotopic (exact) mass is 387 g/mol. The van der Waals surface area contributed by atoms with E-state index in [9.17, 15) is 4.79 Å². The van der Waals surface area contributed by atoms with Gasteiger partial charge in [0.25, 0.3) is 5.91 Å². The number of hydrogen-bond acceptors (Lipinski definition) is 3. The third-order valence-corrected chi connectivity index (χ3v) is 5.90. The van der Waals surface area contributed by atoms with E-state index in [2.05, 4.69) is 0 Å². The second kappa shape index (κ2) is 6.85. The number of para-hydroxylation sites is 1. The highest BCUT2D eigenvalue weighted by Crippen LogP contribution is 2.42. The van der Waals surface area contributed by atoms with E-state index >= 15 is 0 Å². The van der Waals surface area contributed by atoms with Gasteiger partial charge < -0.3 is 0 Å².